The van der Waals surface area contributed by atoms with E-state index < -0.39 is 6.10 Å². The van der Waals surface area contributed by atoms with Gasteiger partial charge in [0.05, 0.1) is 12.7 Å². The predicted octanol–water partition coefficient (Wildman–Crippen LogP) is 2.93. The van der Waals surface area contributed by atoms with Gasteiger partial charge in [0.25, 0.3) is 0 Å². The van der Waals surface area contributed by atoms with E-state index in [9.17, 15) is 5.11 Å². The molecular formula is C15H22O3. The number of methoxy groups -OCH3 is 1. The van der Waals surface area contributed by atoms with E-state index in [0.29, 0.717) is 5.92 Å². The third-order valence-corrected chi connectivity index (χ3v) is 3.36. The van der Waals surface area contributed by atoms with E-state index in [1.165, 1.54) is 0 Å². The zero-order valence-electron chi connectivity index (χ0n) is 11.1. The largest absolute Gasteiger partial charge is 0.494 e. The van der Waals surface area contributed by atoms with Crippen LogP contribution in [0.1, 0.15) is 37.9 Å². The van der Waals surface area contributed by atoms with Crippen LogP contribution in [-0.2, 0) is 4.74 Å². The maximum Gasteiger partial charge on any atom is 0.119 e. The number of benzene rings is 1. The summed E-state index contributed by atoms with van der Waals surface area (Å²) in [7, 11) is 1.67. The Bertz CT molecular complexity index is 357. The highest BCUT2D eigenvalue weighted by molar-refractivity contribution is 5.29. The lowest BCUT2D eigenvalue weighted by atomic mass is 10.0. The monoisotopic (exact) mass is 250 g/mol. The smallest absolute Gasteiger partial charge is 0.119 e. The molecule has 1 aromatic rings. The highest BCUT2D eigenvalue weighted by Gasteiger charge is 2.36. The minimum atomic E-state index is -0.539. The molecule has 1 aliphatic rings. The molecule has 3 nitrogen and oxygen atoms in total. The molecule has 0 bridgehead atoms. The zero-order valence-corrected chi connectivity index (χ0v) is 11.1. The number of rotatable bonds is 7. The van der Waals surface area contributed by atoms with Gasteiger partial charge < -0.3 is 14.6 Å². The average molecular weight is 250 g/mol. The van der Waals surface area contributed by atoms with E-state index in [1.54, 1.807) is 7.11 Å². The summed E-state index contributed by atoms with van der Waals surface area (Å²) in [4.78, 5) is 0. The van der Waals surface area contributed by atoms with Crippen molar-refractivity contribution in [2.45, 2.75) is 38.4 Å². The summed E-state index contributed by atoms with van der Waals surface area (Å²) in [5.41, 5.74) is 0.901. The summed E-state index contributed by atoms with van der Waals surface area (Å²) in [6.45, 7) is 2.81. The normalized spacial score (nSPS) is 18.4. The van der Waals surface area contributed by atoms with Crippen molar-refractivity contribution in [2.24, 2.45) is 5.92 Å². The van der Waals surface area contributed by atoms with E-state index in [1.807, 2.05) is 24.3 Å². The summed E-state index contributed by atoms with van der Waals surface area (Å²) in [5.74, 6) is 1.37. The topological polar surface area (TPSA) is 38.7 Å². The van der Waals surface area contributed by atoms with E-state index in [-0.39, 0.29) is 6.10 Å². The first-order valence-electron chi connectivity index (χ1n) is 6.70. The van der Waals surface area contributed by atoms with Crippen LogP contribution >= 0.6 is 0 Å². The summed E-state index contributed by atoms with van der Waals surface area (Å²) in [5, 5.41) is 10.3. The number of aliphatic hydroxyl groups excluding tert-OH is 1. The van der Waals surface area contributed by atoms with Gasteiger partial charge in [-0.3, -0.25) is 0 Å². The lowest BCUT2D eigenvalue weighted by Gasteiger charge is -2.21. The molecule has 0 saturated heterocycles. The molecule has 1 aliphatic carbocycles. The summed E-state index contributed by atoms with van der Waals surface area (Å²) < 4.78 is 10.9. The van der Waals surface area contributed by atoms with E-state index in [2.05, 4.69) is 6.92 Å². The number of aliphatic hydroxyl groups is 1. The fourth-order valence-corrected chi connectivity index (χ4v) is 2.17. The van der Waals surface area contributed by atoms with Crippen molar-refractivity contribution in [2.75, 3.05) is 13.7 Å². The summed E-state index contributed by atoms with van der Waals surface area (Å²) in [6.07, 6.45) is 2.70. The van der Waals surface area contributed by atoms with Crippen molar-refractivity contribution in [3.05, 3.63) is 29.8 Å². The molecule has 0 aliphatic heterocycles. The van der Waals surface area contributed by atoms with Crippen LogP contribution in [0.5, 0.6) is 5.75 Å². The van der Waals surface area contributed by atoms with Crippen LogP contribution in [-0.4, -0.2) is 24.9 Å². The Labute approximate surface area is 109 Å². The van der Waals surface area contributed by atoms with E-state index in [4.69, 9.17) is 9.47 Å². The Balaban J connectivity index is 1.99. The fraction of sp³-hybridized carbons (Fsp3) is 0.600. The number of hydrogen-bond acceptors (Lipinski definition) is 3. The number of hydrogen-bond donors (Lipinski definition) is 1. The van der Waals surface area contributed by atoms with Crippen LogP contribution in [0.15, 0.2) is 24.3 Å². The van der Waals surface area contributed by atoms with Gasteiger partial charge in [-0.25, -0.2) is 0 Å². The van der Waals surface area contributed by atoms with Gasteiger partial charge in [-0.15, -0.1) is 0 Å². The fourth-order valence-electron chi connectivity index (χ4n) is 2.17. The molecule has 1 fully saturated rings. The van der Waals surface area contributed by atoms with Gasteiger partial charge in [0.1, 0.15) is 11.9 Å². The molecule has 18 heavy (non-hydrogen) atoms. The van der Waals surface area contributed by atoms with Crippen molar-refractivity contribution < 1.29 is 14.6 Å². The second-order valence-corrected chi connectivity index (χ2v) is 4.90. The quantitative estimate of drug-likeness (QED) is 0.808. The van der Waals surface area contributed by atoms with Gasteiger partial charge in [0.15, 0.2) is 0 Å². The Hall–Kier alpha value is -1.06. The predicted molar refractivity (Wildman–Crippen MR) is 70.7 cm³/mol. The molecule has 3 heteroatoms. The van der Waals surface area contributed by atoms with Crippen molar-refractivity contribution in [1.29, 1.82) is 0 Å². The summed E-state index contributed by atoms with van der Waals surface area (Å²) >= 11 is 0. The standard InChI is InChI=1S/C15H22O3/c1-3-10-18-13-8-6-11(7-9-13)14(16)15(17-2)12-4-5-12/h6-9,12,14-16H,3-5,10H2,1-2H3. The molecule has 1 saturated carbocycles. The third-order valence-electron chi connectivity index (χ3n) is 3.36. The maximum absolute atomic E-state index is 10.3. The van der Waals surface area contributed by atoms with Crippen LogP contribution in [0.25, 0.3) is 0 Å². The second-order valence-electron chi connectivity index (χ2n) is 4.90. The Kier molecular flexibility index (Phi) is 4.61. The zero-order chi connectivity index (χ0) is 13.0. The van der Waals surface area contributed by atoms with Crippen LogP contribution < -0.4 is 4.74 Å². The van der Waals surface area contributed by atoms with Crippen LogP contribution in [0, 0.1) is 5.92 Å². The molecule has 0 spiro atoms. The first-order valence-corrected chi connectivity index (χ1v) is 6.70. The third kappa shape index (κ3) is 3.24. The Morgan fingerprint density at radius 1 is 1.28 bits per heavy atom. The molecule has 0 radical (unpaired) electrons. The van der Waals surface area contributed by atoms with Gasteiger partial charge in [0.2, 0.25) is 0 Å². The van der Waals surface area contributed by atoms with Crippen LogP contribution in [0.3, 0.4) is 0 Å². The SMILES string of the molecule is CCCOc1ccc(C(O)C(OC)C2CC2)cc1. The van der Waals surface area contributed by atoms with Gasteiger partial charge in [-0.2, -0.15) is 0 Å². The molecule has 2 unspecified atom stereocenters. The molecule has 1 N–H and O–H groups in total. The van der Waals surface area contributed by atoms with Crippen molar-refractivity contribution >= 4 is 0 Å². The highest BCUT2D eigenvalue weighted by atomic mass is 16.5. The Morgan fingerprint density at radius 2 is 1.94 bits per heavy atom. The molecule has 2 rings (SSSR count). The molecule has 0 heterocycles. The molecular weight excluding hydrogens is 228 g/mol. The summed E-state index contributed by atoms with van der Waals surface area (Å²) in [6, 6.07) is 7.66. The van der Waals surface area contributed by atoms with Crippen LogP contribution in [0.2, 0.25) is 0 Å². The maximum atomic E-state index is 10.3. The lowest BCUT2D eigenvalue weighted by Crippen LogP contribution is -2.23. The van der Waals surface area contributed by atoms with Gasteiger partial charge in [-0.05, 0) is 42.9 Å². The van der Waals surface area contributed by atoms with Gasteiger partial charge in [0, 0.05) is 7.11 Å². The van der Waals surface area contributed by atoms with Gasteiger partial charge >= 0.3 is 0 Å². The van der Waals surface area contributed by atoms with Crippen molar-refractivity contribution in [1.82, 2.24) is 0 Å². The minimum absolute atomic E-state index is 0.0765. The second kappa shape index (κ2) is 6.21. The van der Waals surface area contributed by atoms with E-state index >= 15 is 0 Å². The van der Waals surface area contributed by atoms with E-state index in [0.717, 1.165) is 37.2 Å². The van der Waals surface area contributed by atoms with Crippen molar-refractivity contribution in [3.63, 3.8) is 0 Å². The molecule has 0 amide bonds. The molecule has 0 aromatic heterocycles. The van der Waals surface area contributed by atoms with Crippen LogP contribution in [0.4, 0.5) is 0 Å². The molecule has 1 aromatic carbocycles. The lowest BCUT2D eigenvalue weighted by molar-refractivity contribution is -0.0259. The first kappa shape index (κ1) is 13.4. The highest BCUT2D eigenvalue weighted by Crippen LogP contribution is 2.39. The number of ether oxygens (including phenoxy) is 2. The average Bonchev–Trinajstić information content (AvgIpc) is 3.22. The molecule has 100 valence electrons. The minimum Gasteiger partial charge on any atom is -0.494 e. The Morgan fingerprint density at radius 3 is 2.44 bits per heavy atom. The van der Waals surface area contributed by atoms with Crippen molar-refractivity contribution in [3.8, 4) is 5.75 Å². The first-order chi connectivity index (χ1) is 8.76. The van der Waals surface area contributed by atoms with Gasteiger partial charge in [-0.1, -0.05) is 19.1 Å². The molecule has 2 atom stereocenters.